The van der Waals surface area contributed by atoms with E-state index >= 15 is 0 Å². The second-order valence-corrected chi connectivity index (χ2v) is 5.68. The molecule has 0 radical (unpaired) electrons. The van der Waals surface area contributed by atoms with Gasteiger partial charge in [-0.3, -0.25) is 0 Å². The van der Waals surface area contributed by atoms with E-state index in [0.717, 1.165) is 12.8 Å². The van der Waals surface area contributed by atoms with Crippen LogP contribution < -0.4 is 0 Å². The van der Waals surface area contributed by atoms with Crippen molar-refractivity contribution in [1.29, 1.82) is 0 Å². The molecule has 0 rings (SSSR count). The van der Waals surface area contributed by atoms with Gasteiger partial charge < -0.3 is 0 Å². The molecule has 82 valence electrons. The van der Waals surface area contributed by atoms with Gasteiger partial charge in [-0.2, -0.15) is 0 Å². The Morgan fingerprint density at radius 2 is 1.43 bits per heavy atom. The third kappa shape index (κ3) is 3.32. The van der Waals surface area contributed by atoms with Gasteiger partial charge in [0.1, 0.15) is 0 Å². The Hall–Kier alpha value is -0.520. The highest BCUT2D eigenvalue weighted by Crippen LogP contribution is 2.42. The van der Waals surface area contributed by atoms with Crippen LogP contribution in [0.25, 0.3) is 0 Å². The molecule has 0 aliphatic rings. The van der Waals surface area contributed by atoms with Crippen molar-refractivity contribution in [2.45, 2.75) is 54.4 Å². The van der Waals surface area contributed by atoms with Crippen molar-refractivity contribution in [3.8, 4) is 0 Å². The fourth-order valence-corrected chi connectivity index (χ4v) is 1.86. The zero-order chi connectivity index (χ0) is 11.6. The first-order chi connectivity index (χ1) is 6.13. The van der Waals surface area contributed by atoms with Gasteiger partial charge in [-0.05, 0) is 30.6 Å². The number of rotatable bonds is 5. The summed E-state index contributed by atoms with van der Waals surface area (Å²) in [6.07, 6.45) is 2.20. The standard InChI is InChI=1S/C14H26/c1-9-12(4)14(7,8)10-13(5,6)11(2)3/h2,4,9-10H2,1,3,5-8H3. The quantitative estimate of drug-likeness (QED) is 0.542. The topological polar surface area (TPSA) is 0 Å². The first kappa shape index (κ1) is 13.5. The van der Waals surface area contributed by atoms with E-state index in [1.807, 2.05) is 0 Å². The molecule has 14 heavy (non-hydrogen) atoms. The number of hydrogen-bond acceptors (Lipinski definition) is 0. The van der Waals surface area contributed by atoms with Gasteiger partial charge in [0.2, 0.25) is 0 Å². The van der Waals surface area contributed by atoms with Gasteiger partial charge in [-0.25, -0.2) is 0 Å². The average molecular weight is 194 g/mol. The molecular formula is C14H26. The van der Waals surface area contributed by atoms with Gasteiger partial charge in [-0.15, -0.1) is 0 Å². The molecule has 0 fully saturated rings. The Balaban J connectivity index is 4.66. The lowest BCUT2D eigenvalue weighted by atomic mass is 9.68. The normalized spacial score (nSPS) is 12.7. The highest BCUT2D eigenvalue weighted by molar-refractivity contribution is 5.12. The Kier molecular flexibility index (Phi) is 4.17. The summed E-state index contributed by atoms with van der Waals surface area (Å²) in [4.78, 5) is 0. The van der Waals surface area contributed by atoms with Gasteiger partial charge in [0.15, 0.2) is 0 Å². The summed E-state index contributed by atoms with van der Waals surface area (Å²) in [6, 6.07) is 0. The van der Waals surface area contributed by atoms with Gasteiger partial charge in [-0.1, -0.05) is 58.9 Å². The van der Waals surface area contributed by atoms with Gasteiger partial charge in [0, 0.05) is 0 Å². The molecule has 0 nitrogen and oxygen atoms in total. The molecule has 0 spiro atoms. The Bertz CT molecular complexity index is 228. The molecule has 0 aliphatic carbocycles. The summed E-state index contributed by atoms with van der Waals surface area (Å²) in [5.74, 6) is 0. The SMILES string of the molecule is C=C(C)C(C)(C)CC(C)(C)C(=C)CC. The molecular weight excluding hydrogens is 168 g/mol. The molecule has 0 amide bonds. The predicted octanol–water partition coefficient (Wildman–Crippen LogP) is 4.97. The monoisotopic (exact) mass is 194 g/mol. The molecule has 0 aromatic carbocycles. The van der Waals surface area contributed by atoms with Crippen molar-refractivity contribution < 1.29 is 0 Å². The van der Waals surface area contributed by atoms with E-state index in [4.69, 9.17) is 0 Å². The summed E-state index contributed by atoms with van der Waals surface area (Å²) in [7, 11) is 0. The maximum atomic E-state index is 4.16. The van der Waals surface area contributed by atoms with Crippen molar-refractivity contribution >= 4 is 0 Å². The van der Waals surface area contributed by atoms with E-state index in [1.165, 1.54) is 11.1 Å². The first-order valence-electron chi connectivity index (χ1n) is 5.47. The lowest BCUT2D eigenvalue weighted by Gasteiger charge is -2.36. The van der Waals surface area contributed by atoms with Gasteiger partial charge in [0.05, 0.1) is 0 Å². The molecule has 0 aromatic rings. The van der Waals surface area contributed by atoms with Crippen LogP contribution in [0.2, 0.25) is 0 Å². The average Bonchev–Trinajstić information content (AvgIpc) is 2.00. The molecule has 0 unspecified atom stereocenters. The molecule has 0 saturated heterocycles. The minimum absolute atomic E-state index is 0.210. The highest BCUT2D eigenvalue weighted by Gasteiger charge is 2.30. The molecule has 0 saturated carbocycles. The van der Waals surface area contributed by atoms with E-state index < -0.39 is 0 Å². The van der Waals surface area contributed by atoms with E-state index in [9.17, 15) is 0 Å². The van der Waals surface area contributed by atoms with E-state index in [-0.39, 0.29) is 10.8 Å². The van der Waals surface area contributed by atoms with Crippen LogP contribution in [0.4, 0.5) is 0 Å². The van der Waals surface area contributed by atoms with Gasteiger partial charge in [0.25, 0.3) is 0 Å². The van der Waals surface area contributed by atoms with Crippen LogP contribution >= 0.6 is 0 Å². The Morgan fingerprint density at radius 3 is 1.71 bits per heavy atom. The maximum absolute atomic E-state index is 4.16. The van der Waals surface area contributed by atoms with Crippen LogP contribution in [0.1, 0.15) is 54.4 Å². The van der Waals surface area contributed by atoms with Crippen LogP contribution in [0.3, 0.4) is 0 Å². The number of allylic oxidation sites excluding steroid dienone is 2. The van der Waals surface area contributed by atoms with Crippen LogP contribution in [-0.2, 0) is 0 Å². The molecule has 0 bridgehead atoms. The highest BCUT2D eigenvalue weighted by atomic mass is 14.3. The summed E-state index contributed by atoms with van der Waals surface area (Å²) < 4.78 is 0. The molecule has 0 heteroatoms. The lowest BCUT2D eigenvalue weighted by Crippen LogP contribution is -2.25. The maximum Gasteiger partial charge on any atom is -0.0139 e. The second kappa shape index (κ2) is 4.33. The van der Waals surface area contributed by atoms with E-state index in [2.05, 4.69) is 54.7 Å². The fourth-order valence-electron chi connectivity index (χ4n) is 1.86. The summed E-state index contributed by atoms with van der Waals surface area (Å²) in [6.45, 7) is 21.6. The van der Waals surface area contributed by atoms with Crippen LogP contribution in [-0.4, -0.2) is 0 Å². The molecule has 0 aliphatic heterocycles. The van der Waals surface area contributed by atoms with Crippen LogP contribution in [0, 0.1) is 10.8 Å². The first-order valence-corrected chi connectivity index (χ1v) is 5.47. The van der Waals surface area contributed by atoms with Crippen molar-refractivity contribution in [3.63, 3.8) is 0 Å². The second-order valence-electron chi connectivity index (χ2n) is 5.68. The van der Waals surface area contributed by atoms with Crippen LogP contribution in [0.15, 0.2) is 24.3 Å². The summed E-state index contributed by atoms with van der Waals surface area (Å²) in [5, 5.41) is 0. The zero-order valence-electron chi connectivity index (χ0n) is 10.8. The van der Waals surface area contributed by atoms with Crippen molar-refractivity contribution in [1.82, 2.24) is 0 Å². The largest absolute Gasteiger partial charge is 0.0996 e. The minimum atomic E-state index is 0.210. The van der Waals surface area contributed by atoms with Crippen molar-refractivity contribution in [2.75, 3.05) is 0 Å². The third-order valence-electron chi connectivity index (χ3n) is 3.42. The van der Waals surface area contributed by atoms with Crippen molar-refractivity contribution in [3.05, 3.63) is 24.3 Å². The number of hydrogen-bond donors (Lipinski definition) is 0. The summed E-state index contributed by atoms with van der Waals surface area (Å²) >= 11 is 0. The molecule has 0 N–H and O–H groups in total. The summed E-state index contributed by atoms with van der Waals surface area (Å²) in [5.41, 5.74) is 3.03. The lowest BCUT2D eigenvalue weighted by molar-refractivity contribution is 0.264. The smallest absolute Gasteiger partial charge is 0.0139 e. The fraction of sp³-hybridized carbons (Fsp3) is 0.714. The van der Waals surface area contributed by atoms with Gasteiger partial charge >= 0.3 is 0 Å². The molecule has 0 aromatic heterocycles. The Morgan fingerprint density at radius 1 is 1.00 bits per heavy atom. The van der Waals surface area contributed by atoms with Crippen molar-refractivity contribution in [2.24, 2.45) is 10.8 Å². The predicted molar refractivity (Wildman–Crippen MR) is 66.4 cm³/mol. The minimum Gasteiger partial charge on any atom is -0.0996 e. The molecule has 0 atom stereocenters. The van der Waals surface area contributed by atoms with E-state index in [0.29, 0.717) is 0 Å². The Labute approximate surface area is 90.1 Å². The van der Waals surface area contributed by atoms with Crippen LogP contribution in [0.5, 0.6) is 0 Å². The zero-order valence-corrected chi connectivity index (χ0v) is 10.8. The molecule has 0 heterocycles. The van der Waals surface area contributed by atoms with E-state index in [1.54, 1.807) is 0 Å². The third-order valence-corrected chi connectivity index (χ3v) is 3.42.